The van der Waals surface area contributed by atoms with Gasteiger partial charge in [0.1, 0.15) is 10.7 Å². The van der Waals surface area contributed by atoms with E-state index in [2.05, 4.69) is 20.8 Å². The molecule has 1 heterocycles. The molecule has 1 aromatic heterocycles. The largest absolute Gasteiger partial charge is 0.426 e. The summed E-state index contributed by atoms with van der Waals surface area (Å²) in [6.45, 7) is 6.51. The Kier molecular flexibility index (Phi) is 3.62. The Bertz CT molecular complexity index is 579. The monoisotopic (exact) mass is 275 g/mol. The van der Waals surface area contributed by atoms with E-state index in [1.54, 1.807) is 12.1 Å². The fraction of sp³-hybridized carbons (Fsp3) is 0.267. The molecule has 0 radical (unpaired) electrons. The normalized spacial score (nSPS) is 11.3. The predicted molar refractivity (Wildman–Crippen MR) is 79.8 cm³/mol. The number of furan rings is 1. The van der Waals surface area contributed by atoms with Crippen molar-refractivity contribution in [2.45, 2.75) is 26.2 Å². The molecule has 0 aliphatic heterocycles. The molecule has 0 spiro atoms. The fourth-order valence-corrected chi connectivity index (χ4v) is 1.76. The van der Waals surface area contributed by atoms with Gasteiger partial charge in [0.2, 0.25) is 0 Å². The minimum Gasteiger partial charge on any atom is -0.426 e. The summed E-state index contributed by atoms with van der Waals surface area (Å²) >= 11 is 4.83. The lowest BCUT2D eigenvalue weighted by Crippen LogP contribution is -2.10. The van der Waals surface area contributed by atoms with Crippen LogP contribution in [0, 0.1) is 0 Å². The number of hydrogen-bond donors (Lipinski definition) is 1. The van der Waals surface area contributed by atoms with Gasteiger partial charge in [0.05, 0.1) is 0 Å². The maximum Gasteiger partial charge on any atom is 0.290 e. The van der Waals surface area contributed by atoms with Gasteiger partial charge in [-0.15, -0.1) is 0 Å². The van der Waals surface area contributed by atoms with Crippen molar-refractivity contribution in [3.05, 3.63) is 47.7 Å². The first-order valence-electron chi connectivity index (χ1n) is 6.04. The van der Waals surface area contributed by atoms with E-state index < -0.39 is 0 Å². The lowest BCUT2D eigenvalue weighted by atomic mass is 9.87. The van der Waals surface area contributed by atoms with Gasteiger partial charge in [0.25, 0.3) is 5.95 Å². The minimum atomic E-state index is 0.127. The van der Waals surface area contributed by atoms with Crippen molar-refractivity contribution in [3.63, 3.8) is 0 Å². The highest BCUT2D eigenvalue weighted by Gasteiger charge is 2.13. The van der Waals surface area contributed by atoms with Crippen molar-refractivity contribution < 1.29 is 9.15 Å². The first kappa shape index (κ1) is 13.6. The third kappa shape index (κ3) is 3.35. The van der Waals surface area contributed by atoms with Gasteiger partial charge in [0, 0.05) is 6.07 Å². The van der Waals surface area contributed by atoms with Gasteiger partial charge in [-0.3, -0.25) is 0 Å². The van der Waals surface area contributed by atoms with Gasteiger partial charge >= 0.3 is 0 Å². The second kappa shape index (κ2) is 5.05. The predicted octanol–water partition coefficient (Wildman–Crippen LogP) is 4.00. The number of nitrogens with two attached hydrogens (primary N) is 1. The highest BCUT2D eigenvalue weighted by atomic mass is 32.1. The van der Waals surface area contributed by atoms with Crippen molar-refractivity contribution >= 4 is 17.2 Å². The molecule has 2 rings (SSSR count). The minimum absolute atomic E-state index is 0.127. The first-order chi connectivity index (χ1) is 8.86. The standard InChI is InChI=1S/C15H17NO2S/c1-15(2,3)10-4-6-11(7-5-10)17-13-9-8-12(18-13)14(16)19/h4-9H,1-3H3,(H2,16,19). The van der Waals surface area contributed by atoms with Gasteiger partial charge < -0.3 is 14.9 Å². The molecule has 0 aliphatic carbocycles. The molecule has 1 aromatic carbocycles. The van der Waals surface area contributed by atoms with Crippen LogP contribution in [-0.4, -0.2) is 4.99 Å². The van der Waals surface area contributed by atoms with Crippen molar-refractivity contribution in [3.8, 4) is 11.7 Å². The maximum atomic E-state index is 5.59. The van der Waals surface area contributed by atoms with Crippen LogP contribution in [0.3, 0.4) is 0 Å². The molecule has 0 fully saturated rings. The molecular weight excluding hydrogens is 258 g/mol. The summed E-state index contributed by atoms with van der Waals surface area (Å²) in [6, 6.07) is 11.3. The van der Waals surface area contributed by atoms with Crippen LogP contribution in [0.4, 0.5) is 0 Å². The zero-order chi connectivity index (χ0) is 14.0. The molecule has 19 heavy (non-hydrogen) atoms. The van der Waals surface area contributed by atoms with Gasteiger partial charge in [0.15, 0.2) is 5.76 Å². The van der Waals surface area contributed by atoms with E-state index in [4.69, 9.17) is 27.1 Å². The highest BCUT2D eigenvalue weighted by Crippen LogP contribution is 2.27. The third-order valence-corrected chi connectivity index (χ3v) is 2.96. The Labute approximate surface area is 118 Å². The topological polar surface area (TPSA) is 48.4 Å². The van der Waals surface area contributed by atoms with Crippen molar-refractivity contribution in [1.82, 2.24) is 0 Å². The Hall–Kier alpha value is -1.81. The molecule has 2 N–H and O–H groups in total. The van der Waals surface area contributed by atoms with Gasteiger partial charge in [-0.05, 0) is 29.2 Å². The molecule has 4 heteroatoms. The molecule has 0 unspecified atom stereocenters. The average Bonchev–Trinajstić information content (AvgIpc) is 2.77. The van der Waals surface area contributed by atoms with Crippen LogP contribution < -0.4 is 10.5 Å². The van der Waals surface area contributed by atoms with Crippen LogP contribution in [0.25, 0.3) is 0 Å². The van der Waals surface area contributed by atoms with E-state index in [9.17, 15) is 0 Å². The van der Waals surface area contributed by atoms with E-state index in [1.165, 1.54) is 5.56 Å². The first-order valence-corrected chi connectivity index (χ1v) is 6.45. The third-order valence-electron chi connectivity index (χ3n) is 2.76. The molecule has 2 aromatic rings. The van der Waals surface area contributed by atoms with E-state index in [1.807, 2.05) is 24.3 Å². The van der Waals surface area contributed by atoms with Crippen molar-refractivity contribution in [2.24, 2.45) is 5.73 Å². The van der Waals surface area contributed by atoms with Crippen molar-refractivity contribution in [2.75, 3.05) is 0 Å². The van der Waals surface area contributed by atoms with E-state index in [0.29, 0.717) is 11.7 Å². The lowest BCUT2D eigenvalue weighted by molar-refractivity contribution is 0.344. The molecule has 0 atom stereocenters. The van der Waals surface area contributed by atoms with E-state index >= 15 is 0 Å². The van der Waals surface area contributed by atoms with Crippen LogP contribution in [0.1, 0.15) is 32.1 Å². The summed E-state index contributed by atoms with van der Waals surface area (Å²) < 4.78 is 11.0. The summed E-state index contributed by atoms with van der Waals surface area (Å²) in [6.07, 6.45) is 0. The van der Waals surface area contributed by atoms with Gasteiger partial charge in [-0.25, -0.2) is 0 Å². The quantitative estimate of drug-likeness (QED) is 0.860. The highest BCUT2D eigenvalue weighted by molar-refractivity contribution is 7.80. The number of thiocarbonyl (C=S) groups is 1. The lowest BCUT2D eigenvalue weighted by Gasteiger charge is -2.18. The van der Waals surface area contributed by atoms with Crippen LogP contribution in [0.2, 0.25) is 0 Å². The Morgan fingerprint density at radius 1 is 1.11 bits per heavy atom. The maximum absolute atomic E-state index is 5.59. The number of benzene rings is 1. The Morgan fingerprint density at radius 2 is 1.74 bits per heavy atom. The molecule has 0 saturated carbocycles. The number of ether oxygens (including phenoxy) is 1. The van der Waals surface area contributed by atoms with Crippen molar-refractivity contribution in [1.29, 1.82) is 0 Å². The number of hydrogen-bond acceptors (Lipinski definition) is 3. The Morgan fingerprint density at radius 3 is 2.21 bits per heavy atom. The molecule has 0 bridgehead atoms. The zero-order valence-corrected chi connectivity index (χ0v) is 12.1. The smallest absolute Gasteiger partial charge is 0.290 e. The summed E-state index contributed by atoms with van der Waals surface area (Å²) in [7, 11) is 0. The summed E-state index contributed by atoms with van der Waals surface area (Å²) in [5.74, 6) is 1.56. The van der Waals surface area contributed by atoms with Gasteiger partial charge in [-0.2, -0.15) is 0 Å². The molecule has 3 nitrogen and oxygen atoms in total. The second-order valence-corrected chi connectivity index (χ2v) is 5.80. The van der Waals surface area contributed by atoms with Crippen LogP contribution in [0.5, 0.6) is 11.7 Å². The van der Waals surface area contributed by atoms with Crippen LogP contribution >= 0.6 is 12.2 Å². The molecular formula is C15H17NO2S. The fourth-order valence-electron chi connectivity index (χ4n) is 1.65. The summed E-state index contributed by atoms with van der Waals surface area (Å²) in [5, 5.41) is 0. The van der Waals surface area contributed by atoms with Gasteiger partial charge in [-0.1, -0.05) is 45.1 Å². The number of rotatable bonds is 3. The van der Waals surface area contributed by atoms with E-state index in [-0.39, 0.29) is 10.4 Å². The molecule has 100 valence electrons. The SMILES string of the molecule is CC(C)(C)c1ccc(Oc2ccc(C(N)=S)o2)cc1. The summed E-state index contributed by atoms with van der Waals surface area (Å²) in [4.78, 5) is 0.220. The second-order valence-electron chi connectivity index (χ2n) is 5.36. The molecule has 0 aliphatic rings. The average molecular weight is 275 g/mol. The van der Waals surface area contributed by atoms with Crippen LogP contribution in [0.15, 0.2) is 40.8 Å². The molecule has 0 amide bonds. The van der Waals surface area contributed by atoms with E-state index in [0.717, 1.165) is 5.75 Å². The van der Waals surface area contributed by atoms with Crippen LogP contribution in [-0.2, 0) is 5.41 Å². The molecule has 0 saturated heterocycles. The zero-order valence-electron chi connectivity index (χ0n) is 11.3. The summed E-state index contributed by atoms with van der Waals surface area (Å²) in [5.41, 5.74) is 6.85. The Balaban J connectivity index is 2.13.